The van der Waals surface area contributed by atoms with E-state index in [-0.39, 0.29) is 11.7 Å². The number of thioether (sulfide) groups is 1. The maximum atomic E-state index is 13.7. The highest BCUT2D eigenvalue weighted by Crippen LogP contribution is 2.37. The number of carbonyl (C=O) groups excluding carboxylic acids is 1. The number of aromatic nitrogens is 3. The van der Waals surface area contributed by atoms with Gasteiger partial charge < -0.3 is 4.98 Å². The van der Waals surface area contributed by atoms with Gasteiger partial charge in [0.05, 0.1) is 28.2 Å². The lowest BCUT2D eigenvalue weighted by molar-refractivity contribution is -0.115. The summed E-state index contributed by atoms with van der Waals surface area (Å²) in [5.41, 5.74) is 7.11. The number of nitrogens with one attached hydrogen (secondary N) is 1. The Hall–Kier alpha value is -3.90. The molecule has 2 aromatic heterocycles. The van der Waals surface area contributed by atoms with Crippen molar-refractivity contribution in [3.8, 4) is 11.4 Å². The number of fused-ring (bicyclic) bond motifs is 3. The summed E-state index contributed by atoms with van der Waals surface area (Å²) in [4.78, 5) is 28.3. The quantitative estimate of drug-likeness (QED) is 0.324. The molecule has 5 aromatic rings. The van der Waals surface area contributed by atoms with Gasteiger partial charge in [0.1, 0.15) is 10.9 Å². The van der Waals surface area contributed by atoms with Crippen molar-refractivity contribution in [3.05, 3.63) is 102 Å². The van der Waals surface area contributed by atoms with Gasteiger partial charge in [-0.2, -0.15) is 0 Å². The largest absolute Gasteiger partial charge is 0.338 e. The van der Waals surface area contributed by atoms with Crippen molar-refractivity contribution in [2.24, 2.45) is 0 Å². The monoisotopic (exact) mass is 462 g/mol. The zero-order valence-electron chi connectivity index (χ0n) is 18.4. The number of amides is 1. The number of aromatic amines is 1. The van der Waals surface area contributed by atoms with Gasteiger partial charge in [0.2, 0.25) is 5.91 Å². The van der Waals surface area contributed by atoms with Crippen LogP contribution in [0.1, 0.15) is 11.1 Å². The summed E-state index contributed by atoms with van der Waals surface area (Å²) >= 11 is 1.45. The molecular weight excluding hydrogens is 440 g/mol. The number of benzene rings is 3. The highest BCUT2D eigenvalue weighted by Gasteiger charge is 2.26. The molecule has 6 rings (SSSR count). The lowest BCUT2D eigenvalue weighted by Crippen LogP contribution is -2.28. The molecule has 0 radical (unpaired) electrons. The van der Waals surface area contributed by atoms with E-state index in [2.05, 4.69) is 22.1 Å². The summed E-state index contributed by atoms with van der Waals surface area (Å²) in [5, 5.41) is 0.784. The SMILES string of the molecule is O=C(CSc1ncccc1-c1nc2ccccc2[nH]1)N1c2ccccc2CCc2ccccc21. The number of hydrogen-bond acceptors (Lipinski definition) is 4. The number of rotatable bonds is 4. The number of pyridine rings is 1. The number of anilines is 2. The normalized spacial score (nSPS) is 12.8. The first-order chi connectivity index (χ1) is 16.8. The maximum absolute atomic E-state index is 13.7. The topological polar surface area (TPSA) is 61.9 Å². The molecule has 6 heteroatoms. The van der Waals surface area contributed by atoms with Crippen molar-refractivity contribution in [2.45, 2.75) is 17.9 Å². The summed E-state index contributed by atoms with van der Waals surface area (Å²) < 4.78 is 0. The molecule has 5 nitrogen and oxygen atoms in total. The van der Waals surface area contributed by atoms with Gasteiger partial charge in [-0.15, -0.1) is 0 Å². The number of para-hydroxylation sites is 4. The minimum absolute atomic E-state index is 0.0352. The average molecular weight is 463 g/mol. The predicted octanol–water partition coefficient (Wildman–Crippen LogP) is 6.18. The van der Waals surface area contributed by atoms with E-state index < -0.39 is 0 Å². The van der Waals surface area contributed by atoms with Crippen molar-refractivity contribution in [1.29, 1.82) is 0 Å². The summed E-state index contributed by atoms with van der Waals surface area (Å²) in [5.74, 6) is 1.06. The van der Waals surface area contributed by atoms with E-state index in [0.717, 1.165) is 51.7 Å². The standard InChI is InChI=1S/C28H22N4OS/c33-26(32-24-13-5-1-8-19(24)15-16-20-9-2-6-14-25(20)32)18-34-28-21(10-7-17-29-28)27-30-22-11-3-4-12-23(22)31-27/h1-14,17H,15-16,18H2,(H,30,31). The molecule has 1 N–H and O–H groups in total. The Labute approximate surface area is 201 Å². The maximum Gasteiger partial charge on any atom is 0.241 e. The van der Waals surface area contributed by atoms with E-state index in [1.165, 1.54) is 22.9 Å². The molecule has 0 spiro atoms. The van der Waals surface area contributed by atoms with Gasteiger partial charge in [-0.1, -0.05) is 60.3 Å². The Morgan fingerprint density at radius 3 is 2.26 bits per heavy atom. The van der Waals surface area contributed by atoms with Gasteiger partial charge in [0, 0.05) is 11.8 Å². The van der Waals surface area contributed by atoms with Gasteiger partial charge in [0.25, 0.3) is 0 Å². The van der Waals surface area contributed by atoms with Gasteiger partial charge in [0.15, 0.2) is 0 Å². The van der Waals surface area contributed by atoms with Crippen LogP contribution in [0, 0.1) is 0 Å². The second-order valence-corrected chi connectivity index (χ2v) is 9.20. The van der Waals surface area contributed by atoms with Crippen LogP contribution in [0.25, 0.3) is 22.4 Å². The van der Waals surface area contributed by atoms with Gasteiger partial charge in [-0.3, -0.25) is 9.69 Å². The third-order valence-corrected chi connectivity index (χ3v) is 7.12. The van der Waals surface area contributed by atoms with Crippen molar-refractivity contribution in [1.82, 2.24) is 15.0 Å². The molecule has 0 atom stereocenters. The number of imidazole rings is 1. The molecule has 0 fully saturated rings. The van der Waals surface area contributed by atoms with Gasteiger partial charge in [-0.25, -0.2) is 9.97 Å². The second-order valence-electron chi connectivity index (χ2n) is 8.23. The fraction of sp³-hybridized carbons (Fsp3) is 0.107. The highest BCUT2D eigenvalue weighted by molar-refractivity contribution is 8.00. The molecule has 0 aliphatic carbocycles. The minimum Gasteiger partial charge on any atom is -0.338 e. The number of nitrogens with zero attached hydrogens (tertiary/aromatic N) is 3. The van der Waals surface area contributed by atoms with Crippen molar-refractivity contribution in [2.75, 3.05) is 10.7 Å². The van der Waals surface area contributed by atoms with Crippen LogP contribution in [0.4, 0.5) is 11.4 Å². The molecule has 166 valence electrons. The van der Waals surface area contributed by atoms with E-state index in [0.29, 0.717) is 0 Å². The van der Waals surface area contributed by atoms with Crippen molar-refractivity contribution in [3.63, 3.8) is 0 Å². The Morgan fingerprint density at radius 2 is 1.53 bits per heavy atom. The van der Waals surface area contributed by atoms with Crippen LogP contribution in [0.15, 0.2) is 96.2 Å². The van der Waals surface area contributed by atoms with Gasteiger partial charge in [-0.05, 0) is 60.4 Å². The van der Waals surface area contributed by atoms with Crippen LogP contribution >= 0.6 is 11.8 Å². The molecule has 3 heterocycles. The molecule has 0 saturated heterocycles. The Balaban J connectivity index is 1.32. The molecule has 1 amide bonds. The second kappa shape index (κ2) is 8.80. The van der Waals surface area contributed by atoms with E-state index in [1.54, 1.807) is 6.20 Å². The number of H-pyrrole nitrogens is 1. The average Bonchev–Trinajstić information content (AvgIpc) is 3.24. The minimum atomic E-state index is 0.0352. The lowest BCUT2D eigenvalue weighted by Gasteiger charge is -2.25. The lowest BCUT2D eigenvalue weighted by atomic mass is 10.0. The summed E-state index contributed by atoms with van der Waals surface area (Å²) in [6.07, 6.45) is 3.59. The molecule has 1 aliphatic heterocycles. The molecule has 0 unspecified atom stereocenters. The smallest absolute Gasteiger partial charge is 0.241 e. The molecule has 0 bridgehead atoms. The van der Waals surface area contributed by atoms with Crippen molar-refractivity contribution >= 4 is 40.1 Å². The molecule has 0 saturated carbocycles. The van der Waals surface area contributed by atoms with E-state index in [4.69, 9.17) is 4.98 Å². The van der Waals surface area contributed by atoms with E-state index >= 15 is 0 Å². The first-order valence-corrected chi connectivity index (χ1v) is 12.3. The van der Waals surface area contributed by atoms with Crippen LogP contribution < -0.4 is 4.90 Å². The third-order valence-electron chi connectivity index (χ3n) is 6.13. The van der Waals surface area contributed by atoms with E-state index in [9.17, 15) is 4.79 Å². The molecular formula is C28H22N4OS. The fourth-order valence-electron chi connectivity index (χ4n) is 4.51. The Bertz CT molecular complexity index is 1430. The van der Waals surface area contributed by atoms with Crippen LogP contribution in [-0.2, 0) is 17.6 Å². The summed E-state index contributed by atoms with van der Waals surface area (Å²) in [6.45, 7) is 0. The molecule has 34 heavy (non-hydrogen) atoms. The zero-order valence-corrected chi connectivity index (χ0v) is 19.3. The van der Waals surface area contributed by atoms with Crippen LogP contribution in [0.5, 0.6) is 0 Å². The number of carbonyl (C=O) groups is 1. The number of hydrogen-bond donors (Lipinski definition) is 1. The van der Waals surface area contributed by atoms with Crippen LogP contribution in [0.2, 0.25) is 0 Å². The Morgan fingerprint density at radius 1 is 0.853 bits per heavy atom. The van der Waals surface area contributed by atoms with E-state index in [1.807, 2.05) is 77.7 Å². The van der Waals surface area contributed by atoms with Gasteiger partial charge >= 0.3 is 0 Å². The highest BCUT2D eigenvalue weighted by atomic mass is 32.2. The zero-order chi connectivity index (χ0) is 22.9. The summed E-state index contributed by atoms with van der Waals surface area (Å²) in [7, 11) is 0. The Kier molecular flexibility index (Phi) is 5.35. The van der Waals surface area contributed by atoms with Crippen LogP contribution in [0.3, 0.4) is 0 Å². The van der Waals surface area contributed by atoms with Crippen LogP contribution in [-0.4, -0.2) is 26.6 Å². The first-order valence-electron chi connectivity index (χ1n) is 11.3. The summed E-state index contributed by atoms with van der Waals surface area (Å²) in [6, 6.07) is 28.2. The predicted molar refractivity (Wildman–Crippen MR) is 137 cm³/mol. The number of aryl methyl sites for hydroxylation is 2. The third kappa shape index (κ3) is 3.76. The first kappa shape index (κ1) is 20.7. The fourth-order valence-corrected chi connectivity index (χ4v) is 5.35. The van der Waals surface area contributed by atoms with Crippen molar-refractivity contribution < 1.29 is 4.79 Å². The molecule has 3 aromatic carbocycles. The molecule has 1 aliphatic rings.